The lowest BCUT2D eigenvalue weighted by Gasteiger charge is -2.25. The highest BCUT2D eigenvalue weighted by atomic mass is 16.4. The number of rotatable bonds is 5. The molecule has 2 rings (SSSR count). The molecule has 1 amide bonds. The molecule has 1 aliphatic rings. The summed E-state index contributed by atoms with van der Waals surface area (Å²) in [5, 5.41) is 8.97. The van der Waals surface area contributed by atoms with Crippen molar-refractivity contribution in [2.75, 3.05) is 6.54 Å². The summed E-state index contributed by atoms with van der Waals surface area (Å²) in [5.74, 6) is -0.560. The van der Waals surface area contributed by atoms with Gasteiger partial charge in [-0.1, -0.05) is 13.8 Å². The van der Waals surface area contributed by atoms with E-state index in [1.165, 1.54) is 12.3 Å². The minimum Gasteiger partial charge on any atom is -0.477 e. The van der Waals surface area contributed by atoms with E-state index in [2.05, 4.69) is 18.8 Å². The Morgan fingerprint density at radius 3 is 2.90 bits per heavy atom. The first-order chi connectivity index (χ1) is 9.99. The number of carbonyl (C=O) groups excluding carboxylic acids is 1. The molecule has 1 unspecified atom stereocenters. The fraction of sp³-hybridized carbons (Fsp3) is 0.562. The Balaban J connectivity index is 2.11. The number of carboxylic acid groups (broad SMARTS) is 1. The van der Waals surface area contributed by atoms with E-state index >= 15 is 0 Å². The zero-order valence-electron chi connectivity index (χ0n) is 12.6. The molecule has 0 saturated carbocycles. The second kappa shape index (κ2) is 6.70. The van der Waals surface area contributed by atoms with Gasteiger partial charge in [-0.2, -0.15) is 0 Å². The third-order valence-electron chi connectivity index (χ3n) is 3.94. The first kappa shape index (κ1) is 15.5. The van der Waals surface area contributed by atoms with Crippen molar-refractivity contribution in [1.29, 1.82) is 0 Å². The molecule has 1 aliphatic heterocycles. The van der Waals surface area contributed by atoms with Crippen molar-refractivity contribution in [2.24, 2.45) is 5.92 Å². The van der Waals surface area contributed by atoms with Crippen LogP contribution < -0.4 is 0 Å². The van der Waals surface area contributed by atoms with E-state index in [0.717, 1.165) is 32.2 Å². The van der Waals surface area contributed by atoms with Crippen molar-refractivity contribution in [2.45, 2.75) is 45.6 Å². The molecule has 1 atom stereocenters. The van der Waals surface area contributed by atoms with Gasteiger partial charge in [0, 0.05) is 24.3 Å². The summed E-state index contributed by atoms with van der Waals surface area (Å²) in [6, 6.07) is 3.23. The van der Waals surface area contributed by atoms with Crippen LogP contribution in [0.15, 0.2) is 18.3 Å². The van der Waals surface area contributed by atoms with Crippen LogP contribution in [-0.2, 0) is 0 Å². The van der Waals surface area contributed by atoms with Crippen LogP contribution in [0, 0.1) is 5.92 Å². The van der Waals surface area contributed by atoms with E-state index in [-0.39, 0.29) is 17.6 Å². The number of amides is 1. The minimum absolute atomic E-state index is 0.0776. The fourth-order valence-corrected chi connectivity index (χ4v) is 2.78. The zero-order chi connectivity index (χ0) is 15.4. The third-order valence-corrected chi connectivity index (χ3v) is 3.94. The van der Waals surface area contributed by atoms with Crippen molar-refractivity contribution < 1.29 is 14.7 Å². The molecule has 1 saturated heterocycles. The Bertz CT molecular complexity index is 528. The van der Waals surface area contributed by atoms with Crippen molar-refractivity contribution in [3.05, 3.63) is 29.6 Å². The molecule has 2 heterocycles. The van der Waals surface area contributed by atoms with E-state index in [0.29, 0.717) is 11.5 Å². The van der Waals surface area contributed by atoms with E-state index in [1.807, 2.05) is 4.90 Å². The van der Waals surface area contributed by atoms with Gasteiger partial charge in [0.1, 0.15) is 5.69 Å². The fourth-order valence-electron chi connectivity index (χ4n) is 2.78. The maximum atomic E-state index is 12.6. The van der Waals surface area contributed by atoms with Gasteiger partial charge in [0.15, 0.2) is 0 Å². The van der Waals surface area contributed by atoms with Gasteiger partial charge in [0.05, 0.1) is 0 Å². The minimum atomic E-state index is -1.11. The van der Waals surface area contributed by atoms with Gasteiger partial charge in [0.2, 0.25) is 0 Å². The van der Waals surface area contributed by atoms with Crippen LogP contribution >= 0.6 is 0 Å². The lowest BCUT2D eigenvalue weighted by molar-refractivity contribution is 0.0690. The number of nitrogens with zero attached hydrogens (tertiary/aromatic N) is 2. The van der Waals surface area contributed by atoms with Gasteiger partial charge in [-0.3, -0.25) is 4.79 Å². The van der Waals surface area contributed by atoms with E-state index in [4.69, 9.17) is 5.11 Å². The summed E-state index contributed by atoms with van der Waals surface area (Å²) >= 11 is 0. The summed E-state index contributed by atoms with van der Waals surface area (Å²) in [5.41, 5.74) is 0.331. The van der Waals surface area contributed by atoms with Gasteiger partial charge in [0.25, 0.3) is 5.91 Å². The second-order valence-electron chi connectivity index (χ2n) is 6.00. The number of hydrogen-bond acceptors (Lipinski definition) is 3. The quantitative estimate of drug-likeness (QED) is 0.905. The molecule has 21 heavy (non-hydrogen) atoms. The van der Waals surface area contributed by atoms with Gasteiger partial charge < -0.3 is 10.0 Å². The maximum Gasteiger partial charge on any atom is 0.354 e. The van der Waals surface area contributed by atoms with E-state index in [1.54, 1.807) is 6.07 Å². The average molecular weight is 290 g/mol. The van der Waals surface area contributed by atoms with Crippen LogP contribution in [0.25, 0.3) is 0 Å². The second-order valence-corrected chi connectivity index (χ2v) is 6.00. The van der Waals surface area contributed by atoms with Crippen molar-refractivity contribution in [1.82, 2.24) is 9.88 Å². The van der Waals surface area contributed by atoms with Gasteiger partial charge in [-0.25, -0.2) is 9.78 Å². The zero-order valence-corrected chi connectivity index (χ0v) is 12.6. The molecule has 1 N–H and O–H groups in total. The number of hydrogen-bond donors (Lipinski definition) is 1. The summed E-state index contributed by atoms with van der Waals surface area (Å²) < 4.78 is 0. The maximum absolute atomic E-state index is 12.6. The Kier molecular flexibility index (Phi) is 4.94. The molecule has 0 bridgehead atoms. The Labute approximate surface area is 125 Å². The van der Waals surface area contributed by atoms with Gasteiger partial charge in [-0.05, 0) is 43.7 Å². The normalized spacial score (nSPS) is 18.2. The van der Waals surface area contributed by atoms with Crippen LogP contribution in [0.5, 0.6) is 0 Å². The van der Waals surface area contributed by atoms with Crippen molar-refractivity contribution in [3.8, 4) is 0 Å². The van der Waals surface area contributed by atoms with Crippen molar-refractivity contribution >= 4 is 11.9 Å². The number of aromatic carboxylic acids is 1. The molecule has 0 aromatic carbocycles. The number of pyridine rings is 1. The average Bonchev–Trinajstić information content (AvgIpc) is 2.92. The first-order valence-corrected chi connectivity index (χ1v) is 7.49. The Morgan fingerprint density at radius 1 is 1.48 bits per heavy atom. The molecule has 1 aromatic rings. The first-order valence-electron chi connectivity index (χ1n) is 7.49. The molecular weight excluding hydrogens is 268 g/mol. The molecule has 1 aromatic heterocycles. The van der Waals surface area contributed by atoms with Crippen LogP contribution in [0.3, 0.4) is 0 Å². The molecule has 5 heteroatoms. The van der Waals surface area contributed by atoms with E-state index in [9.17, 15) is 9.59 Å². The highest BCUT2D eigenvalue weighted by Gasteiger charge is 2.29. The summed E-state index contributed by atoms with van der Waals surface area (Å²) in [6.07, 6.45) is 5.56. The highest BCUT2D eigenvalue weighted by Crippen LogP contribution is 2.25. The molecule has 0 spiro atoms. The van der Waals surface area contributed by atoms with Crippen LogP contribution in [0.2, 0.25) is 0 Å². The topological polar surface area (TPSA) is 70.5 Å². The molecule has 114 valence electrons. The molecule has 1 fully saturated rings. The Morgan fingerprint density at radius 2 is 2.24 bits per heavy atom. The molecule has 0 aliphatic carbocycles. The number of carboxylic acids is 1. The van der Waals surface area contributed by atoms with Crippen LogP contribution in [0.4, 0.5) is 0 Å². The largest absolute Gasteiger partial charge is 0.477 e. The van der Waals surface area contributed by atoms with E-state index < -0.39 is 5.97 Å². The predicted molar refractivity (Wildman–Crippen MR) is 79.3 cm³/mol. The van der Waals surface area contributed by atoms with Gasteiger partial charge >= 0.3 is 5.97 Å². The molecule has 5 nitrogen and oxygen atoms in total. The van der Waals surface area contributed by atoms with Crippen LogP contribution in [0.1, 0.15) is 60.4 Å². The molecular formula is C16H22N2O3. The Hall–Kier alpha value is -1.91. The lowest BCUT2D eigenvalue weighted by atomic mass is 10.0. The highest BCUT2D eigenvalue weighted by molar-refractivity contribution is 5.96. The third kappa shape index (κ3) is 3.80. The van der Waals surface area contributed by atoms with Crippen LogP contribution in [-0.4, -0.2) is 39.5 Å². The predicted octanol–water partition coefficient (Wildman–Crippen LogP) is 2.82. The number of likely N-dealkylation sites (tertiary alicyclic amines) is 1. The summed E-state index contributed by atoms with van der Waals surface area (Å²) in [7, 11) is 0. The number of carbonyl (C=O) groups is 2. The molecule has 0 radical (unpaired) electrons. The lowest BCUT2D eigenvalue weighted by Crippen LogP contribution is -2.35. The summed E-state index contributed by atoms with van der Waals surface area (Å²) in [4.78, 5) is 29.2. The van der Waals surface area contributed by atoms with Gasteiger partial charge in [-0.15, -0.1) is 0 Å². The summed E-state index contributed by atoms with van der Waals surface area (Å²) in [6.45, 7) is 5.12. The van der Waals surface area contributed by atoms with Crippen molar-refractivity contribution in [3.63, 3.8) is 0 Å². The SMILES string of the molecule is CC(C)CCC1CCCN1C(=O)c1ccnc(C(=O)O)c1. The smallest absolute Gasteiger partial charge is 0.354 e. The number of aromatic nitrogens is 1. The standard InChI is InChI=1S/C16H22N2O3/c1-11(2)5-6-13-4-3-9-18(13)15(19)12-7-8-17-14(10-12)16(20)21/h7-8,10-11,13H,3-6,9H2,1-2H3,(H,20,21). The monoisotopic (exact) mass is 290 g/mol.